The number of piperidine rings is 1. The Balaban J connectivity index is 2.26. The Bertz CT molecular complexity index is 630. The number of primary sulfonamides is 1. The van der Waals surface area contributed by atoms with Gasteiger partial charge in [-0.05, 0) is 31.0 Å². The molecule has 1 amide bonds. The normalized spacial score (nSPS) is 19.9. The number of carbonyl (C=O) groups excluding carboxylic acids is 1. The van der Waals surface area contributed by atoms with E-state index in [4.69, 9.17) is 16.6 Å². The van der Waals surface area contributed by atoms with Gasteiger partial charge < -0.3 is 16.4 Å². The van der Waals surface area contributed by atoms with Crippen LogP contribution in [0.1, 0.15) is 12.8 Å². The average molecular weight is 298 g/mol. The van der Waals surface area contributed by atoms with Crippen molar-refractivity contribution in [3.8, 4) is 0 Å². The van der Waals surface area contributed by atoms with Crippen molar-refractivity contribution in [1.29, 1.82) is 0 Å². The number of primary amides is 1. The molecule has 1 heterocycles. The standard InChI is InChI=1S/C12H18N4O3S/c13-10-6-9(3-4-11(10)20(15,18)19)16-5-1-2-8(7-16)12(14)17/h3-4,6,8H,1-2,5,7,13H2,(H2,14,17)(H2,15,18,19). The highest BCUT2D eigenvalue weighted by Gasteiger charge is 2.24. The third kappa shape index (κ3) is 3.02. The van der Waals surface area contributed by atoms with Crippen LogP contribution in [0.25, 0.3) is 0 Å². The third-order valence-corrected chi connectivity index (χ3v) is 4.47. The van der Waals surface area contributed by atoms with E-state index >= 15 is 0 Å². The predicted molar refractivity (Wildman–Crippen MR) is 76.4 cm³/mol. The number of sulfonamides is 1. The molecule has 20 heavy (non-hydrogen) atoms. The topological polar surface area (TPSA) is 133 Å². The highest BCUT2D eigenvalue weighted by Crippen LogP contribution is 2.27. The molecule has 1 fully saturated rings. The minimum Gasteiger partial charge on any atom is -0.398 e. The SMILES string of the molecule is NC(=O)C1CCCN(c2ccc(S(N)(=O)=O)c(N)c2)C1. The Kier molecular flexibility index (Phi) is 3.87. The largest absolute Gasteiger partial charge is 0.398 e. The Morgan fingerprint density at radius 2 is 2.05 bits per heavy atom. The number of hydrogen-bond donors (Lipinski definition) is 3. The van der Waals surface area contributed by atoms with Crippen LogP contribution in [0, 0.1) is 5.92 Å². The maximum absolute atomic E-state index is 11.3. The van der Waals surface area contributed by atoms with E-state index in [1.807, 2.05) is 4.90 Å². The number of nitrogens with two attached hydrogens (primary N) is 3. The zero-order valence-electron chi connectivity index (χ0n) is 11.0. The van der Waals surface area contributed by atoms with Crippen LogP contribution in [0.15, 0.2) is 23.1 Å². The Labute approximate surface area is 117 Å². The molecule has 0 spiro atoms. The zero-order chi connectivity index (χ0) is 14.9. The molecule has 1 atom stereocenters. The van der Waals surface area contributed by atoms with Crippen LogP contribution >= 0.6 is 0 Å². The molecule has 1 aromatic carbocycles. The first kappa shape index (κ1) is 14.6. The third-order valence-electron chi connectivity index (χ3n) is 3.49. The number of anilines is 2. The predicted octanol–water partition coefficient (Wildman–Crippen LogP) is -0.382. The number of amides is 1. The van der Waals surface area contributed by atoms with Crippen molar-refractivity contribution in [3.05, 3.63) is 18.2 Å². The molecule has 1 saturated heterocycles. The summed E-state index contributed by atoms with van der Waals surface area (Å²) in [6.45, 7) is 1.29. The van der Waals surface area contributed by atoms with E-state index in [9.17, 15) is 13.2 Å². The lowest BCUT2D eigenvalue weighted by Crippen LogP contribution is -2.41. The second-order valence-corrected chi connectivity index (χ2v) is 6.48. The van der Waals surface area contributed by atoms with E-state index < -0.39 is 10.0 Å². The Morgan fingerprint density at radius 1 is 1.35 bits per heavy atom. The highest BCUT2D eigenvalue weighted by atomic mass is 32.2. The van der Waals surface area contributed by atoms with Crippen LogP contribution < -0.4 is 21.5 Å². The van der Waals surface area contributed by atoms with Gasteiger partial charge in [-0.2, -0.15) is 0 Å². The lowest BCUT2D eigenvalue weighted by atomic mass is 9.97. The fourth-order valence-corrected chi connectivity index (χ4v) is 3.08. The average Bonchev–Trinajstić information content (AvgIpc) is 2.37. The molecule has 8 heteroatoms. The summed E-state index contributed by atoms with van der Waals surface area (Å²) in [5, 5.41) is 5.07. The summed E-state index contributed by atoms with van der Waals surface area (Å²) < 4.78 is 22.6. The first-order chi connectivity index (χ1) is 9.29. The molecular weight excluding hydrogens is 280 g/mol. The van der Waals surface area contributed by atoms with Gasteiger partial charge in [0.2, 0.25) is 15.9 Å². The van der Waals surface area contributed by atoms with Crippen molar-refractivity contribution in [1.82, 2.24) is 0 Å². The molecule has 1 aliphatic rings. The second-order valence-electron chi connectivity index (χ2n) is 4.95. The van der Waals surface area contributed by atoms with Crippen LogP contribution in [-0.4, -0.2) is 27.4 Å². The molecule has 110 valence electrons. The van der Waals surface area contributed by atoms with Crippen molar-refractivity contribution in [2.24, 2.45) is 16.8 Å². The minimum absolute atomic E-state index is 0.0929. The van der Waals surface area contributed by atoms with E-state index in [1.54, 1.807) is 12.1 Å². The maximum atomic E-state index is 11.3. The summed E-state index contributed by atoms with van der Waals surface area (Å²) >= 11 is 0. The number of carbonyl (C=O) groups is 1. The van der Waals surface area contributed by atoms with Crippen LogP contribution in [0.3, 0.4) is 0 Å². The summed E-state index contributed by atoms with van der Waals surface area (Å²) in [6.07, 6.45) is 1.63. The van der Waals surface area contributed by atoms with Gasteiger partial charge in [0.25, 0.3) is 0 Å². The molecule has 1 aliphatic heterocycles. The molecule has 0 aliphatic carbocycles. The van der Waals surface area contributed by atoms with E-state index in [0.29, 0.717) is 6.54 Å². The molecule has 0 radical (unpaired) electrons. The summed E-state index contributed by atoms with van der Waals surface area (Å²) in [5.41, 5.74) is 11.9. The quantitative estimate of drug-likeness (QED) is 0.654. The van der Waals surface area contributed by atoms with Gasteiger partial charge in [-0.25, -0.2) is 13.6 Å². The van der Waals surface area contributed by atoms with Crippen molar-refractivity contribution in [2.45, 2.75) is 17.7 Å². The summed E-state index contributed by atoms with van der Waals surface area (Å²) in [4.78, 5) is 13.1. The van der Waals surface area contributed by atoms with Gasteiger partial charge in [0.15, 0.2) is 0 Å². The molecule has 0 aromatic heterocycles. The first-order valence-electron chi connectivity index (χ1n) is 6.25. The van der Waals surface area contributed by atoms with Gasteiger partial charge >= 0.3 is 0 Å². The van der Waals surface area contributed by atoms with Gasteiger partial charge in [-0.3, -0.25) is 4.79 Å². The minimum atomic E-state index is -3.82. The summed E-state index contributed by atoms with van der Waals surface area (Å²) in [5.74, 6) is -0.508. The number of nitrogens with zero attached hydrogens (tertiary/aromatic N) is 1. The van der Waals surface area contributed by atoms with Gasteiger partial charge in [-0.1, -0.05) is 0 Å². The fourth-order valence-electron chi connectivity index (χ4n) is 2.44. The zero-order valence-corrected chi connectivity index (χ0v) is 11.8. The van der Waals surface area contributed by atoms with Crippen LogP contribution in [0.2, 0.25) is 0 Å². The molecule has 0 saturated carbocycles. The number of rotatable bonds is 3. The molecule has 1 unspecified atom stereocenters. The van der Waals surface area contributed by atoms with Gasteiger partial charge in [0.1, 0.15) is 4.90 Å². The van der Waals surface area contributed by atoms with Crippen molar-refractivity contribution < 1.29 is 13.2 Å². The smallest absolute Gasteiger partial charge is 0.240 e. The Hall–Kier alpha value is -1.80. The fraction of sp³-hybridized carbons (Fsp3) is 0.417. The molecule has 0 bridgehead atoms. The van der Waals surface area contributed by atoms with Crippen LogP contribution in [0.4, 0.5) is 11.4 Å². The Morgan fingerprint density at radius 3 is 2.60 bits per heavy atom. The number of benzene rings is 1. The van der Waals surface area contributed by atoms with Crippen LogP contribution in [-0.2, 0) is 14.8 Å². The number of nitrogen functional groups attached to an aromatic ring is 1. The van der Waals surface area contributed by atoms with E-state index in [1.165, 1.54) is 6.07 Å². The number of hydrogen-bond acceptors (Lipinski definition) is 5. The molecule has 2 rings (SSSR count). The summed E-state index contributed by atoms with van der Waals surface area (Å²) in [7, 11) is -3.82. The second kappa shape index (κ2) is 5.29. The molecule has 1 aromatic rings. The van der Waals surface area contributed by atoms with Crippen molar-refractivity contribution >= 4 is 27.3 Å². The first-order valence-corrected chi connectivity index (χ1v) is 7.80. The van der Waals surface area contributed by atoms with Crippen molar-refractivity contribution in [2.75, 3.05) is 23.7 Å². The lowest BCUT2D eigenvalue weighted by molar-refractivity contribution is -0.122. The van der Waals surface area contributed by atoms with Crippen LogP contribution in [0.5, 0.6) is 0 Å². The molecular formula is C12H18N4O3S. The van der Waals surface area contributed by atoms with E-state index in [2.05, 4.69) is 0 Å². The highest BCUT2D eigenvalue weighted by molar-refractivity contribution is 7.89. The maximum Gasteiger partial charge on any atom is 0.240 e. The van der Waals surface area contributed by atoms with Gasteiger partial charge in [0, 0.05) is 18.8 Å². The monoisotopic (exact) mass is 298 g/mol. The van der Waals surface area contributed by atoms with Gasteiger partial charge in [0.05, 0.1) is 11.6 Å². The van der Waals surface area contributed by atoms with E-state index in [0.717, 1.165) is 25.1 Å². The summed E-state index contributed by atoms with van der Waals surface area (Å²) in [6, 6.07) is 4.58. The molecule has 6 N–H and O–H groups in total. The van der Waals surface area contributed by atoms with Gasteiger partial charge in [-0.15, -0.1) is 0 Å². The van der Waals surface area contributed by atoms with E-state index in [-0.39, 0.29) is 22.4 Å². The lowest BCUT2D eigenvalue weighted by Gasteiger charge is -2.33. The molecule has 7 nitrogen and oxygen atoms in total. The van der Waals surface area contributed by atoms with Crippen molar-refractivity contribution in [3.63, 3.8) is 0 Å².